The van der Waals surface area contributed by atoms with Crippen LogP contribution in [0.5, 0.6) is 0 Å². The van der Waals surface area contributed by atoms with Crippen LogP contribution < -0.4 is 17.0 Å². The third kappa shape index (κ3) is 5.26. The molecule has 1 aromatic heterocycles. The van der Waals surface area contributed by atoms with Crippen molar-refractivity contribution in [2.75, 3.05) is 6.61 Å². The van der Waals surface area contributed by atoms with Gasteiger partial charge in [0.2, 0.25) is 0 Å². The fourth-order valence-corrected chi connectivity index (χ4v) is 4.66. The lowest BCUT2D eigenvalue weighted by Crippen LogP contribution is -2.48. The van der Waals surface area contributed by atoms with Gasteiger partial charge in [0.15, 0.2) is 0 Å². The summed E-state index contributed by atoms with van der Waals surface area (Å²) in [4.78, 5) is 39.2. The number of nitrogens with zero attached hydrogens (tertiary/aromatic N) is 2. The van der Waals surface area contributed by atoms with E-state index in [0.29, 0.717) is 30.9 Å². The summed E-state index contributed by atoms with van der Waals surface area (Å²) >= 11 is 0. The number of nitrogens with two attached hydrogens (primary N) is 1. The van der Waals surface area contributed by atoms with Crippen LogP contribution in [0.4, 0.5) is 0 Å². The number of aryl methyl sites for hydroxylation is 1. The van der Waals surface area contributed by atoms with Crippen LogP contribution in [0.2, 0.25) is 0 Å². The van der Waals surface area contributed by atoms with Crippen LogP contribution in [0.15, 0.2) is 76.4 Å². The Kier molecular flexibility index (Phi) is 7.24. The van der Waals surface area contributed by atoms with E-state index in [1.54, 1.807) is 43.5 Å². The number of hydrogen-bond acceptors (Lipinski definition) is 5. The summed E-state index contributed by atoms with van der Waals surface area (Å²) in [5.41, 5.74) is 6.38. The third-order valence-corrected chi connectivity index (χ3v) is 6.67. The monoisotopic (exact) mass is 461 g/mol. The summed E-state index contributed by atoms with van der Waals surface area (Å²) in [5.74, 6) is -0.618. The van der Waals surface area contributed by atoms with Crippen molar-refractivity contribution in [2.24, 2.45) is 11.1 Å². The van der Waals surface area contributed by atoms with Gasteiger partial charge in [-0.2, -0.15) is 4.57 Å². The standard InChI is InChI=1S/C27H31N3O4/c1-20-16-29(26(33)30(24(20)31)25(32)22-10-6-3-7-11-22)18-27(14-12-23(28)13-15-27)19-34-17-21-8-4-2-5-9-21/h2-11,16,23H,12-15,17-19,28H2,1H3. The lowest BCUT2D eigenvalue weighted by Gasteiger charge is -2.39. The summed E-state index contributed by atoms with van der Waals surface area (Å²) in [7, 11) is 0. The molecule has 1 fully saturated rings. The van der Waals surface area contributed by atoms with Crippen molar-refractivity contribution in [3.63, 3.8) is 0 Å². The van der Waals surface area contributed by atoms with Gasteiger partial charge in [-0.3, -0.25) is 14.2 Å². The van der Waals surface area contributed by atoms with E-state index >= 15 is 0 Å². The van der Waals surface area contributed by atoms with E-state index in [-0.39, 0.29) is 11.5 Å². The molecule has 1 heterocycles. The Bertz CT molecular complexity index is 1240. The predicted molar refractivity (Wildman–Crippen MR) is 131 cm³/mol. The van der Waals surface area contributed by atoms with Crippen LogP contribution in [0.1, 0.15) is 47.2 Å². The fourth-order valence-electron chi connectivity index (χ4n) is 4.66. The lowest BCUT2D eigenvalue weighted by molar-refractivity contribution is -0.00299. The zero-order chi connectivity index (χ0) is 24.1. The molecule has 0 spiro atoms. The molecule has 7 heteroatoms. The van der Waals surface area contributed by atoms with E-state index in [0.717, 1.165) is 35.8 Å². The van der Waals surface area contributed by atoms with Crippen LogP contribution >= 0.6 is 0 Å². The molecule has 0 aliphatic heterocycles. The van der Waals surface area contributed by atoms with Gasteiger partial charge in [0, 0.05) is 35.3 Å². The highest BCUT2D eigenvalue weighted by Gasteiger charge is 2.36. The number of ether oxygens (including phenoxy) is 1. The normalized spacial score (nSPS) is 20.2. The molecule has 178 valence electrons. The van der Waals surface area contributed by atoms with Crippen LogP contribution in [-0.4, -0.2) is 27.7 Å². The van der Waals surface area contributed by atoms with Crippen LogP contribution in [0.25, 0.3) is 0 Å². The molecular formula is C27H31N3O4. The fraction of sp³-hybridized carbons (Fsp3) is 0.370. The Morgan fingerprint density at radius 3 is 2.29 bits per heavy atom. The first-order valence-corrected chi connectivity index (χ1v) is 11.7. The Hall–Kier alpha value is -3.29. The molecule has 0 saturated heterocycles. The highest BCUT2D eigenvalue weighted by molar-refractivity contribution is 5.95. The average molecular weight is 462 g/mol. The van der Waals surface area contributed by atoms with Crippen LogP contribution in [0.3, 0.4) is 0 Å². The Morgan fingerprint density at radius 2 is 1.65 bits per heavy atom. The molecule has 1 aliphatic carbocycles. The van der Waals surface area contributed by atoms with E-state index in [9.17, 15) is 14.4 Å². The Labute approximate surface area is 198 Å². The van der Waals surface area contributed by atoms with Gasteiger partial charge in [0.1, 0.15) is 0 Å². The Morgan fingerprint density at radius 1 is 1.03 bits per heavy atom. The van der Waals surface area contributed by atoms with Crippen molar-refractivity contribution in [2.45, 2.75) is 51.8 Å². The number of carbonyl (C=O) groups is 1. The third-order valence-electron chi connectivity index (χ3n) is 6.67. The van der Waals surface area contributed by atoms with Crippen molar-refractivity contribution in [3.05, 3.63) is 104 Å². The molecule has 0 unspecified atom stereocenters. The molecule has 0 radical (unpaired) electrons. The van der Waals surface area contributed by atoms with Crippen molar-refractivity contribution >= 4 is 5.91 Å². The van der Waals surface area contributed by atoms with Crippen molar-refractivity contribution in [1.82, 2.24) is 9.13 Å². The number of hydrogen-bond donors (Lipinski definition) is 1. The molecule has 1 saturated carbocycles. The minimum atomic E-state index is -0.623. The molecule has 7 nitrogen and oxygen atoms in total. The molecule has 2 N–H and O–H groups in total. The molecule has 1 aliphatic rings. The maximum atomic E-state index is 13.4. The van der Waals surface area contributed by atoms with Gasteiger partial charge in [0.05, 0.1) is 13.2 Å². The average Bonchev–Trinajstić information content (AvgIpc) is 2.86. The van der Waals surface area contributed by atoms with Crippen molar-refractivity contribution in [3.8, 4) is 0 Å². The topological polar surface area (TPSA) is 96.3 Å². The second-order valence-corrected chi connectivity index (χ2v) is 9.35. The van der Waals surface area contributed by atoms with E-state index in [4.69, 9.17) is 10.5 Å². The summed E-state index contributed by atoms with van der Waals surface area (Å²) in [6.07, 6.45) is 4.85. The second-order valence-electron chi connectivity index (χ2n) is 9.35. The van der Waals surface area contributed by atoms with Gasteiger partial charge in [-0.1, -0.05) is 48.5 Å². The smallest absolute Gasteiger partial charge is 0.338 e. The van der Waals surface area contributed by atoms with Gasteiger partial charge in [-0.15, -0.1) is 0 Å². The summed E-state index contributed by atoms with van der Waals surface area (Å²) in [6.45, 7) is 2.93. The molecule has 3 aromatic rings. The molecule has 0 atom stereocenters. The lowest BCUT2D eigenvalue weighted by atomic mass is 9.73. The molecule has 34 heavy (non-hydrogen) atoms. The maximum absolute atomic E-state index is 13.4. The molecule has 0 bridgehead atoms. The van der Waals surface area contributed by atoms with Crippen LogP contribution in [-0.2, 0) is 17.9 Å². The maximum Gasteiger partial charge on any atom is 0.338 e. The van der Waals surface area contributed by atoms with E-state index in [1.165, 1.54) is 4.57 Å². The molecular weight excluding hydrogens is 430 g/mol. The largest absolute Gasteiger partial charge is 0.376 e. The van der Waals surface area contributed by atoms with Crippen molar-refractivity contribution in [1.29, 1.82) is 0 Å². The first-order chi connectivity index (χ1) is 16.4. The van der Waals surface area contributed by atoms with Gasteiger partial charge < -0.3 is 10.5 Å². The van der Waals surface area contributed by atoms with Crippen LogP contribution in [0, 0.1) is 12.3 Å². The van der Waals surface area contributed by atoms with Gasteiger partial charge in [-0.05, 0) is 50.3 Å². The first kappa shape index (κ1) is 23.9. The van der Waals surface area contributed by atoms with E-state index < -0.39 is 17.2 Å². The van der Waals surface area contributed by atoms with Gasteiger partial charge in [-0.25, -0.2) is 4.79 Å². The predicted octanol–water partition coefficient (Wildman–Crippen LogP) is 3.11. The minimum Gasteiger partial charge on any atom is -0.376 e. The minimum absolute atomic E-state index is 0.134. The zero-order valence-corrected chi connectivity index (χ0v) is 19.5. The first-order valence-electron chi connectivity index (χ1n) is 11.7. The summed E-state index contributed by atoms with van der Waals surface area (Å²) < 4.78 is 8.37. The van der Waals surface area contributed by atoms with Crippen molar-refractivity contribution < 1.29 is 9.53 Å². The zero-order valence-electron chi connectivity index (χ0n) is 19.5. The highest BCUT2D eigenvalue weighted by atomic mass is 16.5. The number of carbonyl (C=O) groups excluding carboxylic acids is 1. The summed E-state index contributed by atoms with van der Waals surface area (Å²) in [5, 5.41) is 0. The quantitative estimate of drug-likeness (QED) is 0.583. The molecule has 2 aromatic carbocycles. The second kappa shape index (κ2) is 10.3. The highest BCUT2D eigenvalue weighted by Crippen LogP contribution is 2.37. The molecule has 0 amide bonds. The Balaban J connectivity index is 1.63. The number of benzene rings is 2. The van der Waals surface area contributed by atoms with Gasteiger partial charge in [0.25, 0.3) is 11.5 Å². The van der Waals surface area contributed by atoms with E-state index in [2.05, 4.69) is 0 Å². The summed E-state index contributed by atoms with van der Waals surface area (Å²) in [6, 6.07) is 18.5. The SMILES string of the molecule is Cc1cn(CC2(COCc3ccccc3)CCC(N)CC2)c(=O)n(C(=O)c2ccccc2)c1=O. The van der Waals surface area contributed by atoms with E-state index in [1.807, 2.05) is 30.3 Å². The molecule has 4 rings (SSSR count). The van der Waals surface area contributed by atoms with Gasteiger partial charge >= 0.3 is 5.69 Å². The number of aromatic nitrogens is 2. The number of rotatable bonds is 7.